The molecule has 0 aromatic heterocycles. The first-order valence-corrected chi connectivity index (χ1v) is 17.5. The van der Waals surface area contributed by atoms with Crippen LogP contribution in [0.1, 0.15) is 20.8 Å². The summed E-state index contributed by atoms with van der Waals surface area (Å²) in [5.74, 6) is 0. The molecule has 7 nitrogen and oxygen atoms in total. The number of hydrogen-bond acceptors (Lipinski definition) is 7. The third-order valence-corrected chi connectivity index (χ3v) is 16.4. The summed E-state index contributed by atoms with van der Waals surface area (Å²) in [5, 5.41) is 0. The minimum atomic E-state index is -2.58. The SMILES string of the molecule is CCOCC[Si](C)(OC)O[Si](C)(CCOCC)O[Si](C)(CCOCC)OC. The Morgan fingerprint density at radius 1 is 0.519 bits per heavy atom. The fraction of sp³-hybridized carbons (Fsp3) is 1.00. The van der Waals surface area contributed by atoms with Gasteiger partial charge in [-0.05, 0) is 40.4 Å². The molecule has 27 heavy (non-hydrogen) atoms. The van der Waals surface area contributed by atoms with Crippen molar-refractivity contribution < 1.29 is 31.3 Å². The van der Waals surface area contributed by atoms with Gasteiger partial charge in [-0.25, -0.2) is 0 Å². The van der Waals surface area contributed by atoms with Crippen LogP contribution in [-0.2, 0) is 31.3 Å². The number of ether oxygens (including phenoxy) is 3. The molecule has 0 spiro atoms. The third kappa shape index (κ3) is 11.8. The van der Waals surface area contributed by atoms with Crippen LogP contribution in [0.15, 0.2) is 0 Å². The van der Waals surface area contributed by atoms with E-state index in [1.807, 2.05) is 20.8 Å². The molecule has 0 aliphatic heterocycles. The monoisotopic (exact) mass is 442 g/mol. The highest BCUT2D eigenvalue weighted by Gasteiger charge is 2.47. The van der Waals surface area contributed by atoms with Gasteiger partial charge in [-0.1, -0.05) is 0 Å². The Morgan fingerprint density at radius 3 is 1.07 bits per heavy atom. The lowest BCUT2D eigenvalue weighted by atomic mass is 10.8. The zero-order chi connectivity index (χ0) is 20.8. The summed E-state index contributed by atoms with van der Waals surface area (Å²) in [6.45, 7) is 16.2. The second-order valence-corrected chi connectivity index (χ2v) is 17.6. The van der Waals surface area contributed by atoms with Gasteiger partial charge in [-0.2, -0.15) is 0 Å². The van der Waals surface area contributed by atoms with Gasteiger partial charge in [0.2, 0.25) is 0 Å². The van der Waals surface area contributed by atoms with Crippen LogP contribution in [0.5, 0.6) is 0 Å². The van der Waals surface area contributed by atoms with E-state index in [1.165, 1.54) is 0 Å². The molecule has 2 atom stereocenters. The average Bonchev–Trinajstić information content (AvgIpc) is 2.62. The predicted octanol–water partition coefficient (Wildman–Crippen LogP) is 3.64. The Labute approximate surface area is 169 Å². The summed E-state index contributed by atoms with van der Waals surface area (Å²) in [5.41, 5.74) is 0. The topological polar surface area (TPSA) is 64.6 Å². The lowest BCUT2D eigenvalue weighted by molar-refractivity contribution is 0.140. The second kappa shape index (κ2) is 14.4. The molecule has 0 fully saturated rings. The third-order valence-electron chi connectivity index (χ3n) is 4.44. The maximum absolute atomic E-state index is 6.66. The van der Waals surface area contributed by atoms with Crippen LogP contribution in [0, 0.1) is 0 Å². The summed E-state index contributed by atoms with van der Waals surface area (Å²) in [6, 6.07) is 2.27. The van der Waals surface area contributed by atoms with Crippen molar-refractivity contribution in [2.45, 2.75) is 58.5 Å². The molecule has 0 saturated carbocycles. The van der Waals surface area contributed by atoms with Crippen molar-refractivity contribution in [3.63, 3.8) is 0 Å². The van der Waals surface area contributed by atoms with E-state index in [0.717, 1.165) is 18.1 Å². The van der Waals surface area contributed by atoms with Gasteiger partial charge in [0, 0.05) is 72.0 Å². The molecule has 0 bridgehead atoms. The Bertz CT molecular complexity index is 352. The highest BCUT2D eigenvalue weighted by atomic mass is 28.5. The fourth-order valence-electron chi connectivity index (χ4n) is 2.63. The van der Waals surface area contributed by atoms with Crippen LogP contribution in [0.2, 0.25) is 37.8 Å². The van der Waals surface area contributed by atoms with E-state index in [9.17, 15) is 0 Å². The molecular weight excluding hydrogens is 400 g/mol. The Kier molecular flexibility index (Phi) is 14.6. The Hall–Kier alpha value is 0.371. The number of hydrogen-bond donors (Lipinski definition) is 0. The molecular formula is C17H42O7Si3. The first kappa shape index (κ1) is 27.4. The zero-order valence-electron chi connectivity index (χ0n) is 18.7. The predicted molar refractivity (Wildman–Crippen MR) is 115 cm³/mol. The minimum absolute atomic E-state index is 0.610. The van der Waals surface area contributed by atoms with Crippen molar-refractivity contribution in [1.29, 1.82) is 0 Å². The molecule has 164 valence electrons. The molecule has 2 unspecified atom stereocenters. The van der Waals surface area contributed by atoms with Crippen molar-refractivity contribution in [1.82, 2.24) is 0 Å². The van der Waals surface area contributed by atoms with Crippen LogP contribution in [0.25, 0.3) is 0 Å². The molecule has 0 aromatic rings. The van der Waals surface area contributed by atoms with Gasteiger partial charge < -0.3 is 31.3 Å². The van der Waals surface area contributed by atoms with Crippen LogP contribution in [0.3, 0.4) is 0 Å². The molecule has 0 amide bonds. The molecule has 0 rings (SSSR count). The highest BCUT2D eigenvalue weighted by Crippen LogP contribution is 2.28. The zero-order valence-corrected chi connectivity index (χ0v) is 21.7. The summed E-state index contributed by atoms with van der Waals surface area (Å²) in [7, 11) is -3.97. The van der Waals surface area contributed by atoms with Gasteiger partial charge in [0.1, 0.15) is 0 Å². The van der Waals surface area contributed by atoms with Crippen molar-refractivity contribution in [2.24, 2.45) is 0 Å². The lowest BCUT2D eigenvalue weighted by Gasteiger charge is -2.41. The van der Waals surface area contributed by atoms with Crippen LogP contribution in [-0.4, -0.2) is 79.5 Å². The largest absolute Gasteiger partial charge is 0.415 e. The van der Waals surface area contributed by atoms with Crippen molar-refractivity contribution in [3.05, 3.63) is 0 Å². The van der Waals surface area contributed by atoms with Crippen LogP contribution < -0.4 is 0 Å². The molecule has 10 heteroatoms. The van der Waals surface area contributed by atoms with Gasteiger partial charge in [0.15, 0.2) is 0 Å². The molecule has 0 radical (unpaired) electrons. The van der Waals surface area contributed by atoms with E-state index in [4.69, 9.17) is 31.3 Å². The molecule has 0 saturated heterocycles. The lowest BCUT2D eigenvalue weighted by Crippen LogP contribution is -2.58. The first-order chi connectivity index (χ1) is 12.7. The van der Waals surface area contributed by atoms with Crippen molar-refractivity contribution >= 4 is 25.7 Å². The van der Waals surface area contributed by atoms with Gasteiger partial charge in [-0.3, -0.25) is 0 Å². The van der Waals surface area contributed by atoms with Crippen LogP contribution in [0.4, 0.5) is 0 Å². The van der Waals surface area contributed by atoms with Gasteiger partial charge >= 0.3 is 25.7 Å². The second-order valence-electron chi connectivity index (χ2n) is 6.85. The maximum atomic E-state index is 6.66. The maximum Gasteiger partial charge on any atom is 0.328 e. The quantitative estimate of drug-likeness (QED) is 0.237. The van der Waals surface area contributed by atoms with E-state index >= 15 is 0 Å². The molecule has 0 aromatic carbocycles. The van der Waals surface area contributed by atoms with E-state index in [0.29, 0.717) is 39.6 Å². The Morgan fingerprint density at radius 2 is 0.815 bits per heavy atom. The standard InChI is InChI=1S/C17H42O7Si3/c1-9-20-12-15-25(6,18-4)23-27(8,17-14-22-11-3)24-26(7,19-5)16-13-21-10-2/h9-17H2,1-8H3. The van der Waals surface area contributed by atoms with Crippen molar-refractivity contribution in [3.8, 4) is 0 Å². The van der Waals surface area contributed by atoms with Gasteiger partial charge in [0.25, 0.3) is 0 Å². The fourth-order valence-corrected chi connectivity index (χ4v) is 14.7. The van der Waals surface area contributed by atoms with Crippen LogP contribution >= 0.6 is 0 Å². The highest BCUT2D eigenvalue weighted by molar-refractivity contribution is 6.85. The van der Waals surface area contributed by atoms with E-state index in [1.54, 1.807) is 14.2 Å². The Balaban J connectivity index is 5.23. The van der Waals surface area contributed by atoms with Gasteiger partial charge in [-0.15, -0.1) is 0 Å². The summed E-state index contributed by atoms with van der Waals surface area (Å²) in [4.78, 5) is 0. The average molecular weight is 443 g/mol. The van der Waals surface area contributed by atoms with Crippen molar-refractivity contribution in [2.75, 3.05) is 53.9 Å². The normalized spacial score (nSPS) is 18.7. The smallest absolute Gasteiger partial charge is 0.328 e. The summed E-state index contributed by atoms with van der Waals surface area (Å²) >= 11 is 0. The van der Waals surface area contributed by atoms with E-state index < -0.39 is 25.7 Å². The number of rotatable bonds is 18. The molecule has 0 aliphatic rings. The summed E-state index contributed by atoms with van der Waals surface area (Å²) < 4.78 is 41.6. The van der Waals surface area contributed by atoms with Gasteiger partial charge in [0.05, 0.1) is 0 Å². The minimum Gasteiger partial charge on any atom is -0.415 e. The van der Waals surface area contributed by atoms with E-state index in [-0.39, 0.29) is 0 Å². The first-order valence-electron chi connectivity index (χ1n) is 9.96. The van der Waals surface area contributed by atoms with E-state index in [2.05, 4.69) is 19.6 Å². The molecule has 0 N–H and O–H groups in total. The molecule has 0 aliphatic carbocycles. The summed E-state index contributed by atoms with van der Waals surface area (Å²) in [6.07, 6.45) is 0. The molecule has 0 heterocycles.